The summed E-state index contributed by atoms with van der Waals surface area (Å²) in [7, 11) is -4.01. The third-order valence-corrected chi connectivity index (χ3v) is 6.87. The summed E-state index contributed by atoms with van der Waals surface area (Å²) in [6, 6.07) is 21.1. The zero-order valence-electron chi connectivity index (χ0n) is 16.4. The van der Waals surface area contributed by atoms with Gasteiger partial charge in [-0.3, -0.25) is 4.90 Å². The van der Waals surface area contributed by atoms with E-state index in [-0.39, 0.29) is 11.4 Å². The maximum atomic E-state index is 13.5. The molecule has 3 aromatic rings. The van der Waals surface area contributed by atoms with E-state index in [0.717, 1.165) is 21.0 Å². The van der Waals surface area contributed by atoms with Crippen molar-refractivity contribution in [3.8, 4) is 0 Å². The summed E-state index contributed by atoms with van der Waals surface area (Å²) in [6.45, 7) is 4.23. The van der Waals surface area contributed by atoms with E-state index in [1.54, 1.807) is 36.4 Å². The molecule has 0 aromatic heterocycles. The molecule has 0 saturated heterocycles. The predicted molar refractivity (Wildman–Crippen MR) is 115 cm³/mol. The fourth-order valence-corrected chi connectivity index (χ4v) is 5.21. The Morgan fingerprint density at radius 1 is 0.828 bits per heavy atom. The van der Waals surface area contributed by atoms with E-state index in [0.29, 0.717) is 17.8 Å². The lowest BCUT2D eigenvalue weighted by Gasteiger charge is -2.37. The molecule has 0 bridgehead atoms. The van der Waals surface area contributed by atoms with Crippen molar-refractivity contribution < 1.29 is 13.2 Å². The van der Waals surface area contributed by atoms with Crippen LogP contribution in [0.2, 0.25) is 0 Å². The molecule has 0 spiro atoms. The molecule has 0 atom stereocenters. The zero-order chi connectivity index (χ0) is 20.6. The van der Waals surface area contributed by atoms with E-state index in [1.165, 1.54) is 4.90 Å². The Balaban J connectivity index is 1.88. The van der Waals surface area contributed by atoms with Gasteiger partial charge < -0.3 is 0 Å². The van der Waals surface area contributed by atoms with Crippen molar-refractivity contribution in [2.24, 2.45) is 0 Å². The Kier molecular flexibility index (Phi) is 4.88. The van der Waals surface area contributed by atoms with Crippen molar-refractivity contribution in [3.05, 3.63) is 89.5 Å². The van der Waals surface area contributed by atoms with Gasteiger partial charge in [-0.05, 0) is 42.7 Å². The number of aryl methyl sites for hydroxylation is 2. The van der Waals surface area contributed by atoms with Crippen molar-refractivity contribution in [1.29, 1.82) is 0 Å². The molecule has 0 radical (unpaired) electrons. The number of sulfonamides is 1. The number of para-hydroxylation sites is 2. The number of carbonyl (C=O) groups is 1. The molecule has 6 heteroatoms. The third-order valence-electron chi connectivity index (χ3n) is 5.13. The topological polar surface area (TPSA) is 57.7 Å². The zero-order valence-corrected chi connectivity index (χ0v) is 17.2. The first-order valence-corrected chi connectivity index (χ1v) is 11.0. The summed E-state index contributed by atoms with van der Waals surface area (Å²) in [5.41, 5.74) is 3.67. The van der Waals surface area contributed by atoms with Crippen LogP contribution in [-0.2, 0) is 23.0 Å². The molecule has 4 rings (SSSR count). The van der Waals surface area contributed by atoms with Crippen molar-refractivity contribution in [1.82, 2.24) is 0 Å². The van der Waals surface area contributed by atoms with E-state index >= 15 is 0 Å². The molecule has 5 nitrogen and oxygen atoms in total. The lowest BCUT2D eigenvalue weighted by Crippen LogP contribution is -2.51. The van der Waals surface area contributed by atoms with Crippen LogP contribution in [0.5, 0.6) is 0 Å². The van der Waals surface area contributed by atoms with Crippen LogP contribution in [-0.4, -0.2) is 14.4 Å². The second-order valence-electron chi connectivity index (χ2n) is 7.07. The van der Waals surface area contributed by atoms with Crippen LogP contribution < -0.4 is 9.21 Å². The number of benzene rings is 3. The first-order valence-electron chi connectivity index (χ1n) is 9.53. The quantitative estimate of drug-likeness (QED) is 0.620. The lowest BCUT2D eigenvalue weighted by molar-refractivity contribution is 0.253. The van der Waals surface area contributed by atoms with Crippen molar-refractivity contribution in [2.45, 2.75) is 31.7 Å². The number of hydrogen-bond donors (Lipinski definition) is 0. The molecule has 1 aliphatic rings. The minimum Gasteiger partial charge on any atom is -0.287 e. The van der Waals surface area contributed by atoms with Crippen LogP contribution in [0.15, 0.2) is 77.7 Å². The van der Waals surface area contributed by atoms with E-state index in [9.17, 15) is 13.2 Å². The molecular formula is C23H22N2O3S. The van der Waals surface area contributed by atoms with Crippen molar-refractivity contribution in [2.75, 3.05) is 9.21 Å². The minimum absolute atomic E-state index is 0.137. The highest BCUT2D eigenvalue weighted by Crippen LogP contribution is 2.39. The van der Waals surface area contributed by atoms with E-state index in [2.05, 4.69) is 0 Å². The molecule has 0 unspecified atom stereocenters. The van der Waals surface area contributed by atoms with Crippen LogP contribution >= 0.6 is 0 Å². The fourth-order valence-electron chi connectivity index (χ4n) is 3.58. The van der Waals surface area contributed by atoms with Crippen molar-refractivity contribution >= 4 is 27.4 Å². The third kappa shape index (κ3) is 3.29. The van der Waals surface area contributed by atoms with Gasteiger partial charge in [-0.25, -0.2) is 13.2 Å². The maximum absolute atomic E-state index is 13.5. The highest BCUT2D eigenvalue weighted by atomic mass is 32.2. The molecular weight excluding hydrogens is 384 g/mol. The summed E-state index contributed by atoms with van der Waals surface area (Å²) in [6.07, 6.45) is 0.620. The van der Waals surface area contributed by atoms with E-state index < -0.39 is 16.1 Å². The van der Waals surface area contributed by atoms with Gasteiger partial charge in [0.15, 0.2) is 0 Å². The maximum Gasteiger partial charge on any atom is 0.343 e. The highest BCUT2D eigenvalue weighted by molar-refractivity contribution is 7.94. The first-order chi connectivity index (χ1) is 13.9. The van der Waals surface area contributed by atoms with Gasteiger partial charge in [-0.1, -0.05) is 67.1 Å². The van der Waals surface area contributed by atoms with Gasteiger partial charge in [0, 0.05) is 0 Å². The van der Waals surface area contributed by atoms with Crippen LogP contribution in [0.25, 0.3) is 0 Å². The monoisotopic (exact) mass is 406 g/mol. The molecule has 2 amide bonds. The smallest absolute Gasteiger partial charge is 0.287 e. The van der Waals surface area contributed by atoms with Crippen molar-refractivity contribution in [3.63, 3.8) is 0 Å². The molecule has 29 heavy (non-hydrogen) atoms. The molecule has 0 N–H and O–H groups in total. The number of amides is 2. The second-order valence-corrected chi connectivity index (χ2v) is 8.83. The fraction of sp³-hybridized carbons (Fsp3) is 0.174. The molecule has 148 valence electrons. The summed E-state index contributed by atoms with van der Waals surface area (Å²) in [5.74, 6) is 0. The van der Waals surface area contributed by atoms with E-state index in [4.69, 9.17) is 0 Å². The highest BCUT2D eigenvalue weighted by Gasteiger charge is 2.42. The van der Waals surface area contributed by atoms with Gasteiger partial charge in [-0.15, -0.1) is 0 Å². The average molecular weight is 407 g/mol. The Bertz CT molecular complexity index is 1170. The number of rotatable bonds is 4. The van der Waals surface area contributed by atoms with Gasteiger partial charge in [-0.2, -0.15) is 4.31 Å². The molecule has 1 heterocycles. The van der Waals surface area contributed by atoms with Gasteiger partial charge >= 0.3 is 6.03 Å². The molecule has 0 aliphatic carbocycles. The predicted octanol–water partition coefficient (Wildman–Crippen LogP) is 4.89. The number of carbonyl (C=O) groups excluding carboxylic acids is 1. The van der Waals surface area contributed by atoms with Gasteiger partial charge in [0.25, 0.3) is 10.0 Å². The second kappa shape index (κ2) is 7.37. The largest absolute Gasteiger partial charge is 0.343 e. The lowest BCUT2D eigenvalue weighted by atomic mass is 10.1. The number of urea groups is 1. The minimum atomic E-state index is -4.01. The Labute approximate surface area is 171 Å². The molecule has 0 fully saturated rings. The summed E-state index contributed by atoms with van der Waals surface area (Å²) >= 11 is 0. The number of fused-ring (bicyclic) bond motifs is 1. The Hall–Kier alpha value is -3.12. The van der Waals surface area contributed by atoms with Gasteiger partial charge in [0.05, 0.1) is 17.9 Å². The molecule has 3 aromatic carbocycles. The standard InChI is InChI=1S/C23H22N2O3S/c1-3-19-8-4-5-9-20(19)25-23(26)24(16-18-14-12-17(2)13-15-18)21-10-6-7-11-22(21)29(25,27)28/h4-15H,3,16H2,1-2H3. The number of nitrogens with zero attached hydrogens (tertiary/aromatic N) is 2. The summed E-state index contributed by atoms with van der Waals surface area (Å²) < 4.78 is 27.8. The van der Waals surface area contributed by atoms with Crippen LogP contribution in [0.3, 0.4) is 0 Å². The van der Waals surface area contributed by atoms with Gasteiger partial charge in [0.1, 0.15) is 4.90 Å². The summed E-state index contributed by atoms with van der Waals surface area (Å²) in [5, 5.41) is 0. The van der Waals surface area contributed by atoms with E-state index in [1.807, 2.05) is 50.2 Å². The average Bonchev–Trinajstić information content (AvgIpc) is 2.73. The number of anilines is 2. The normalized spacial score (nSPS) is 15.3. The summed E-state index contributed by atoms with van der Waals surface area (Å²) in [4.78, 5) is 15.2. The van der Waals surface area contributed by atoms with Crippen LogP contribution in [0.4, 0.5) is 16.2 Å². The first kappa shape index (κ1) is 19.2. The molecule has 0 saturated carbocycles. The van der Waals surface area contributed by atoms with Crippen LogP contribution in [0, 0.1) is 6.92 Å². The Morgan fingerprint density at radius 3 is 2.14 bits per heavy atom. The number of hydrogen-bond acceptors (Lipinski definition) is 3. The van der Waals surface area contributed by atoms with Gasteiger partial charge in [0.2, 0.25) is 0 Å². The SMILES string of the molecule is CCc1ccccc1N1C(=O)N(Cc2ccc(C)cc2)c2ccccc2S1(=O)=O. The Morgan fingerprint density at radius 2 is 1.45 bits per heavy atom. The van der Waals surface area contributed by atoms with Crippen LogP contribution in [0.1, 0.15) is 23.6 Å². The molecule has 1 aliphatic heterocycles.